The number of likely N-dealkylation sites (N-methyl/N-ethyl adjacent to an activating group) is 1. The minimum atomic E-state index is -0.972. The van der Waals surface area contributed by atoms with Crippen LogP contribution >= 0.6 is 0 Å². The predicted octanol–water partition coefficient (Wildman–Crippen LogP) is 1.38. The molecule has 0 saturated carbocycles. The highest BCUT2D eigenvalue weighted by Crippen LogP contribution is 2.16. The zero-order valence-corrected chi connectivity index (χ0v) is 14.0. The molecule has 7 nitrogen and oxygen atoms in total. The summed E-state index contributed by atoms with van der Waals surface area (Å²) in [6.07, 6.45) is 0. The van der Waals surface area contributed by atoms with E-state index in [1.165, 1.54) is 4.90 Å². The highest BCUT2D eigenvalue weighted by molar-refractivity contribution is 5.99. The van der Waals surface area contributed by atoms with Gasteiger partial charge in [0.25, 0.3) is 5.91 Å². The Labute approximate surface area is 135 Å². The fraction of sp³-hybridized carbons (Fsp3) is 0.375. The topological polar surface area (TPSA) is 91.0 Å². The lowest BCUT2D eigenvalue weighted by Gasteiger charge is -2.28. The van der Waals surface area contributed by atoms with E-state index in [0.29, 0.717) is 11.4 Å². The number of rotatable bonds is 4. The second-order valence-electron chi connectivity index (χ2n) is 6.10. The van der Waals surface area contributed by atoms with Gasteiger partial charge in [-0.1, -0.05) is 12.1 Å². The van der Waals surface area contributed by atoms with Crippen molar-refractivity contribution in [1.29, 1.82) is 0 Å². The third kappa shape index (κ3) is 3.74. The third-order valence-corrected chi connectivity index (χ3v) is 3.37. The second-order valence-corrected chi connectivity index (χ2v) is 6.10. The fourth-order valence-corrected chi connectivity index (χ4v) is 2.21. The Kier molecular flexibility index (Phi) is 4.49. The molecule has 2 N–H and O–H groups in total. The van der Waals surface area contributed by atoms with Gasteiger partial charge in [-0.2, -0.15) is 5.10 Å². The molecule has 1 aromatic carbocycles. The van der Waals surface area contributed by atoms with Crippen LogP contribution < -0.4 is 5.32 Å². The first-order valence-electron chi connectivity index (χ1n) is 7.24. The minimum Gasteiger partial charge on any atom is -0.347 e. The van der Waals surface area contributed by atoms with Gasteiger partial charge in [-0.15, -0.1) is 0 Å². The summed E-state index contributed by atoms with van der Waals surface area (Å²) >= 11 is 0. The van der Waals surface area contributed by atoms with Crippen LogP contribution in [0.2, 0.25) is 0 Å². The number of hydrogen-bond acceptors (Lipinski definition) is 4. The average molecular weight is 315 g/mol. The van der Waals surface area contributed by atoms with Gasteiger partial charge in [0.15, 0.2) is 5.82 Å². The molecule has 0 aliphatic heterocycles. The monoisotopic (exact) mass is 315 g/mol. The second kappa shape index (κ2) is 6.20. The van der Waals surface area contributed by atoms with Crippen molar-refractivity contribution in [3.8, 4) is 11.4 Å². The highest BCUT2D eigenvalue weighted by atomic mass is 16.2. The minimum absolute atomic E-state index is 0.168. The van der Waals surface area contributed by atoms with Crippen LogP contribution in [0.3, 0.4) is 0 Å². The number of hydrogen-bond donors (Lipinski definition) is 2. The smallest absolute Gasteiger partial charge is 0.252 e. The number of aromatic nitrogens is 3. The van der Waals surface area contributed by atoms with Gasteiger partial charge in [0, 0.05) is 25.2 Å². The molecular formula is C16H21N5O2. The van der Waals surface area contributed by atoms with Crippen molar-refractivity contribution < 1.29 is 9.59 Å². The molecule has 0 aliphatic rings. The SMILES string of the molecule is Cc1nc(-c2ccc(C(=O)NC(C)(C)C(=O)N(C)C)cc2)n[nH]1. The van der Waals surface area contributed by atoms with Gasteiger partial charge in [-0.3, -0.25) is 14.7 Å². The molecule has 0 unspecified atom stereocenters. The Balaban J connectivity index is 2.13. The molecule has 2 amide bonds. The normalized spacial score (nSPS) is 11.2. The van der Waals surface area contributed by atoms with E-state index < -0.39 is 5.54 Å². The molecular weight excluding hydrogens is 294 g/mol. The quantitative estimate of drug-likeness (QED) is 0.891. The molecule has 0 spiro atoms. The Morgan fingerprint density at radius 3 is 2.26 bits per heavy atom. The van der Waals surface area contributed by atoms with Crippen molar-refractivity contribution in [3.05, 3.63) is 35.7 Å². The predicted molar refractivity (Wildman–Crippen MR) is 86.8 cm³/mol. The number of H-pyrrole nitrogens is 1. The van der Waals surface area contributed by atoms with Crippen LogP contribution in [0.15, 0.2) is 24.3 Å². The molecule has 0 aliphatic carbocycles. The first-order valence-corrected chi connectivity index (χ1v) is 7.24. The lowest BCUT2D eigenvalue weighted by atomic mass is 10.0. The maximum absolute atomic E-state index is 12.3. The molecule has 0 fully saturated rings. The number of amides is 2. The van der Waals surface area contributed by atoms with Crippen LogP contribution in [0.5, 0.6) is 0 Å². The zero-order valence-electron chi connectivity index (χ0n) is 14.0. The van der Waals surface area contributed by atoms with Gasteiger partial charge >= 0.3 is 0 Å². The molecule has 0 atom stereocenters. The Morgan fingerprint density at radius 2 is 1.78 bits per heavy atom. The average Bonchev–Trinajstić information content (AvgIpc) is 2.92. The Morgan fingerprint density at radius 1 is 1.17 bits per heavy atom. The number of aryl methyl sites for hydroxylation is 1. The molecule has 23 heavy (non-hydrogen) atoms. The summed E-state index contributed by atoms with van der Waals surface area (Å²) in [7, 11) is 3.31. The first kappa shape index (κ1) is 16.7. The molecule has 1 heterocycles. The lowest BCUT2D eigenvalue weighted by Crippen LogP contribution is -2.54. The van der Waals surface area contributed by atoms with Gasteiger partial charge < -0.3 is 10.2 Å². The lowest BCUT2D eigenvalue weighted by molar-refractivity contribution is -0.134. The van der Waals surface area contributed by atoms with Gasteiger partial charge in [-0.25, -0.2) is 4.98 Å². The van der Waals surface area contributed by atoms with E-state index >= 15 is 0 Å². The van der Waals surface area contributed by atoms with Crippen molar-refractivity contribution in [3.63, 3.8) is 0 Å². The van der Waals surface area contributed by atoms with Crippen LogP contribution in [0, 0.1) is 6.92 Å². The summed E-state index contributed by atoms with van der Waals surface area (Å²) in [6.45, 7) is 5.18. The van der Waals surface area contributed by atoms with Crippen molar-refractivity contribution in [2.24, 2.45) is 0 Å². The van der Waals surface area contributed by atoms with E-state index in [2.05, 4.69) is 20.5 Å². The molecule has 0 radical (unpaired) electrons. The summed E-state index contributed by atoms with van der Waals surface area (Å²) in [5.74, 6) is 0.838. The summed E-state index contributed by atoms with van der Waals surface area (Å²) < 4.78 is 0. The molecule has 7 heteroatoms. The van der Waals surface area contributed by atoms with Crippen LogP contribution in [0.25, 0.3) is 11.4 Å². The van der Waals surface area contributed by atoms with E-state index in [9.17, 15) is 9.59 Å². The number of nitrogens with one attached hydrogen (secondary N) is 2. The van der Waals surface area contributed by atoms with E-state index in [1.54, 1.807) is 52.2 Å². The van der Waals surface area contributed by atoms with Crippen LogP contribution in [0.1, 0.15) is 30.0 Å². The van der Waals surface area contributed by atoms with E-state index in [-0.39, 0.29) is 11.8 Å². The standard InChI is InChI=1S/C16H21N5O2/c1-10-17-13(20-19-10)11-6-8-12(9-7-11)14(22)18-16(2,3)15(23)21(4)5/h6-9H,1-5H3,(H,18,22)(H,17,19,20). The summed E-state index contributed by atoms with van der Waals surface area (Å²) in [5, 5.41) is 9.60. The molecule has 122 valence electrons. The largest absolute Gasteiger partial charge is 0.347 e. The van der Waals surface area contributed by atoms with Gasteiger partial charge in [-0.05, 0) is 32.9 Å². The van der Waals surface area contributed by atoms with Crippen molar-refractivity contribution in [1.82, 2.24) is 25.4 Å². The van der Waals surface area contributed by atoms with Crippen molar-refractivity contribution in [2.75, 3.05) is 14.1 Å². The van der Waals surface area contributed by atoms with E-state index in [1.807, 2.05) is 6.92 Å². The van der Waals surface area contributed by atoms with Crippen LogP contribution in [-0.2, 0) is 4.79 Å². The number of carbonyl (C=O) groups excluding carboxylic acids is 2. The number of carbonyl (C=O) groups is 2. The molecule has 0 saturated heterocycles. The Hall–Kier alpha value is -2.70. The third-order valence-electron chi connectivity index (χ3n) is 3.37. The van der Waals surface area contributed by atoms with Crippen molar-refractivity contribution in [2.45, 2.75) is 26.3 Å². The van der Waals surface area contributed by atoms with Gasteiger partial charge in [0.1, 0.15) is 11.4 Å². The van der Waals surface area contributed by atoms with Crippen LogP contribution in [0.4, 0.5) is 0 Å². The summed E-state index contributed by atoms with van der Waals surface area (Å²) in [5.41, 5.74) is 0.315. The zero-order chi connectivity index (χ0) is 17.2. The maximum Gasteiger partial charge on any atom is 0.252 e. The van der Waals surface area contributed by atoms with E-state index in [4.69, 9.17) is 0 Å². The fourth-order valence-electron chi connectivity index (χ4n) is 2.21. The molecule has 2 rings (SSSR count). The summed E-state index contributed by atoms with van der Waals surface area (Å²) in [6, 6.07) is 6.93. The number of benzene rings is 1. The first-order chi connectivity index (χ1) is 10.7. The highest BCUT2D eigenvalue weighted by Gasteiger charge is 2.31. The van der Waals surface area contributed by atoms with Gasteiger partial charge in [0.05, 0.1) is 0 Å². The molecule has 0 bridgehead atoms. The van der Waals surface area contributed by atoms with Crippen molar-refractivity contribution >= 4 is 11.8 Å². The number of aromatic amines is 1. The summed E-state index contributed by atoms with van der Waals surface area (Å²) in [4.78, 5) is 30.1. The molecule has 1 aromatic heterocycles. The van der Waals surface area contributed by atoms with Gasteiger partial charge in [0.2, 0.25) is 5.91 Å². The van der Waals surface area contributed by atoms with Crippen LogP contribution in [-0.4, -0.2) is 51.5 Å². The number of nitrogens with zero attached hydrogens (tertiary/aromatic N) is 3. The van der Waals surface area contributed by atoms with E-state index in [0.717, 1.165) is 11.4 Å². The Bertz CT molecular complexity index is 716. The molecule has 2 aromatic rings. The maximum atomic E-state index is 12.3.